The van der Waals surface area contributed by atoms with Crippen molar-refractivity contribution < 1.29 is 65.8 Å². The molecule has 3 nitrogen and oxygen atoms in total. The predicted molar refractivity (Wildman–Crippen MR) is 47.2 cm³/mol. The van der Waals surface area contributed by atoms with Crippen LogP contribution in [0.4, 0.5) is 0 Å². The van der Waals surface area contributed by atoms with Crippen molar-refractivity contribution in [3.05, 3.63) is 36.4 Å². The predicted octanol–water partition coefficient (Wildman–Crippen LogP) is -1.38. The molecule has 1 aromatic carbocycles. The molecule has 0 spiro atoms. The van der Waals surface area contributed by atoms with Crippen LogP contribution in [0.2, 0.25) is 0 Å². The van der Waals surface area contributed by atoms with Gasteiger partial charge in [0.2, 0.25) is 0 Å². The van der Waals surface area contributed by atoms with Gasteiger partial charge in [0.1, 0.15) is 17.1 Å². The van der Waals surface area contributed by atoms with Crippen molar-refractivity contribution in [2.45, 2.75) is 0 Å². The van der Waals surface area contributed by atoms with Gasteiger partial charge in [-0.3, -0.25) is 0 Å². The van der Waals surface area contributed by atoms with Crippen molar-refractivity contribution in [3.8, 4) is 5.75 Å². The van der Waals surface area contributed by atoms with Crippen molar-refractivity contribution in [3.63, 3.8) is 0 Å². The fourth-order valence-corrected chi connectivity index (χ4v) is 1.03. The minimum atomic E-state index is -2.51. The normalized spacial score (nSPS) is 11.2. The van der Waals surface area contributed by atoms with Gasteiger partial charge in [0.15, 0.2) is 0 Å². The maximum absolute atomic E-state index is 10.1. The van der Waals surface area contributed by atoms with E-state index in [9.17, 15) is 8.76 Å². The van der Waals surface area contributed by atoms with Crippen LogP contribution in [0, 0.1) is 0 Å². The average molecular weight is 223 g/mol. The molecule has 13 heavy (non-hydrogen) atoms. The van der Waals surface area contributed by atoms with Gasteiger partial charge in [-0.1, -0.05) is 24.8 Å². The van der Waals surface area contributed by atoms with E-state index in [4.69, 9.17) is 0 Å². The maximum atomic E-state index is 10.1. The van der Waals surface area contributed by atoms with Crippen LogP contribution in [0.1, 0.15) is 6.99 Å². The summed E-state index contributed by atoms with van der Waals surface area (Å²) in [5.41, 5.74) is 0.818. The topological polar surface area (TPSA) is 49.4 Å². The van der Waals surface area contributed by atoms with Crippen molar-refractivity contribution in [2.24, 2.45) is 0 Å². The number of hydrogen-bond acceptors (Lipinski definition) is 3. The molecule has 0 aromatic heterocycles. The summed E-state index contributed by atoms with van der Waals surface area (Å²) in [6, 6.07) is 6.64. The fourth-order valence-electron chi connectivity index (χ4n) is 0.772. The minimum absolute atomic E-state index is 0. The number of hydrogen-bond donors (Lipinski definition) is 0. The van der Waals surface area contributed by atoms with E-state index in [1.807, 2.05) is 0 Å². The van der Waals surface area contributed by atoms with Gasteiger partial charge in [-0.2, -0.15) is 0 Å². The number of rotatable bonds is 3. The third kappa shape index (κ3) is 5.07. The first kappa shape index (κ1) is 13.5. The van der Waals surface area contributed by atoms with Gasteiger partial charge in [-0.15, -0.1) is 0 Å². The zero-order chi connectivity index (χ0) is 8.97. The summed E-state index contributed by atoms with van der Waals surface area (Å²) in [6.45, 7) is 3.54. The van der Waals surface area contributed by atoms with Crippen LogP contribution in [0.5, 0.6) is 5.75 Å². The third-order valence-corrected chi connectivity index (χ3v) is 1.59. The summed E-state index contributed by atoms with van der Waals surface area (Å²) >= 11 is -2.51. The van der Waals surface area contributed by atoms with Crippen LogP contribution >= 0.6 is 0 Å². The molecular formula is C8H8KO3S-. The van der Waals surface area contributed by atoms with E-state index < -0.39 is 11.4 Å². The Morgan fingerprint density at radius 3 is 2.85 bits per heavy atom. The van der Waals surface area contributed by atoms with Crippen LogP contribution in [-0.2, 0) is 11.4 Å². The average Bonchev–Trinajstić information content (AvgIpc) is 2.03. The zero-order valence-corrected chi connectivity index (χ0v) is 11.2. The molecule has 1 unspecified atom stereocenters. The van der Waals surface area contributed by atoms with Crippen LogP contribution in [0.25, 0.3) is 6.08 Å². The Morgan fingerprint density at radius 2 is 2.31 bits per heavy atom. The molecule has 1 rings (SSSR count). The van der Waals surface area contributed by atoms with Crippen LogP contribution in [-0.4, -0.2) is 8.76 Å². The van der Waals surface area contributed by atoms with Crippen LogP contribution in [0.15, 0.2) is 30.8 Å². The Kier molecular flexibility index (Phi) is 7.15. The Labute approximate surface area is 124 Å². The van der Waals surface area contributed by atoms with Gasteiger partial charge < -0.3 is 10.2 Å². The maximum Gasteiger partial charge on any atom is 1.00 e. The number of benzene rings is 1. The van der Waals surface area contributed by atoms with E-state index in [0.29, 0.717) is 5.75 Å². The molecule has 0 aliphatic rings. The molecule has 5 heteroatoms. The summed E-state index contributed by atoms with van der Waals surface area (Å²) in [6.07, 6.45) is 1.61. The first-order valence-electron chi connectivity index (χ1n) is 3.22. The third-order valence-electron chi connectivity index (χ3n) is 1.26. The van der Waals surface area contributed by atoms with Gasteiger partial charge in [0, 0.05) is 0 Å². The summed E-state index contributed by atoms with van der Waals surface area (Å²) < 4.78 is 24.7. The molecule has 0 saturated heterocycles. The Balaban J connectivity index is 0. The molecule has 0 bridgehead atoms. The van der Waals surface area contributed by atoms with E-state index in [1.54, 1.807) is 30.3 Å². The second-order valence-electron chi connectivity index (χ2n) is 2.06. The molecule has 0 radical (unpaired) electrons. The summed E-state index contributed by atoms with van der Waals surface area (Å²) in [4.78, 5) is 0. The van der Waals surface area contributed by atoms with E-state index in [1.165, 1.54) is 0 Å². The molecule has 0 aliphatic carbocycles. The Morgan fingerprint density at radius 1 is 1.62 bits per heavy atom. The largest absolute Gasteiger partial charge is 1.00 e. The Hall–Kier alpha value is 0.506. The Bertz CT molecular complexity index is 319. The molecule has 0 fully saturated rings. The second kappa shape index (κ2) is 6.89. The van der Waals surface area contributed by atoms with E-state index in [0.717, 1.165) is 5.56 Å². The van der Waals surface area contributed by atoms with Gasteiger partial charge in [0.25, 0.3) is 0 Å². The smallest absolute Gasteiger partial charge is 1.00 e. The molecule has 0 heterocycles. The van der Waals surface area contributed by atoms with Crippen molar-refractivity contribution in [1.29, 1.82) is 0 Å². The molecule has 1 aromatic rings. The SMILES string of the molecule is C=Cc1cccc(OS(=O)[O-])c1.[H-].[K+]. The van der Waals surface area contributed by atoms with Gasteiger partial charge in [0.05, 0.1) is 0 Å². The monoisotopic (exact) mass is 223 g/mol. The first-order chi connectivity index (χ1) is 5.72. The quantitative estimate of drug-likeness (QED) is 0.469. The first-order valence-corrected chi connectivity index (χ1v) is 4.22. The molecule has 0 N–H and O–H groups in total. The van der Waals surface area contributed by atoms with Crippen LogP contribution < -0.4 is 55.6 Å². The van der Waals surface area contributed by atoms with Gasteiger partial charge >= 0.3 is 51.4 Å². The molecule has 0 saturated carbocycles. The van der Waals surface area contributed by atoms with Crippen molar-refractivity contribution >= 4 is 17.4 Å². The van der Waals surface area contributed by atoms with Gasteiger partial charge in [-0.25, -0.2) is 4.21 Å². The zero-order valence-electron chi connectivity index (χ0n) is 8.23. The summed E-state index contributed by atoms with van der Waals surface area (Å²) in [5, 5.41) is 0. The van der Waals surface area contributed by atoms with Crippen LogP contribution in [0.3, 0.4) is 0 Å². The minimum Gasteiger partial charge on any atom is -1.00 e. The summed E-state index contributed by atoms with van der Waals surface area (Å²) in [5.74, 6) is 0.292. The van der Waals surface area contributed by atoms with E-state index >= 15 is 0 Å². The van der Waals surface area contributed by atoms with E-state index in [2.05, 4.69) is 10.8 Å². The van der Waals surface area contributed by atoms with Crippen molar-refractivity contribution in [1.82, 2.24) is 0 Å². The second-order valence-corrected chi connectivity index (χ2v) is 2.64. The van der Waals surface area contributed by atoms with E-state index in [-0.39, 0.29) is 52.8 Å². The molecule has 0 amide bonds. The van der Waals surface area contributed by atoms with Crippen molar-refractivity contribution in [2.75, 3.05) is 0 Å². The van der Waals surface area contributed by atoms with Gasteiger partial charge in [-0.05, 0) is 17.7 Å². The molecule has 0 aliphatic heterocycles. The standard InChI is InChI=1S/C8H8O3S.K.H/c1-2-7-4-3-5-8(6-7)11-12(9)10;;/h2-6H,1H2,(H,9,10);;/q;+1;-1/p-1. The summed E-state index contributed by atoms with van der Waals surface area (Å²) in [7, 11) is 0. The molecular weight excluding hydrogens is 215 g/mol. The molecule has 66 valence electrons. The fraction of sp³-hybridized carbons (Fsp3) is 0. The molecule has 1 atom stereocenters.